The van der Waals surface area contributed by atoms with Crippen LogP contribution in [0.3, 0.4) is 0 Å². The quantitative estimate of drug-likeness (QED) is 0.447. The maximum atomic E-state index is 13.5. The van der Waals surface area contributed by atoms with Gasteiger partial charge < -0.3 is 8.98 Å². The van der Waals surface area contributed by atoms with Gasteiger partial charge in [-0.2, -0.15) is 0 Å². The predicted octanol–water partition coefficient (Wildman–Crippen LogP) is 3.50. The molecule has 0 atom stereocenters. The lowest BCUT2D eigenvalue weighted by Gasteiger charge is -2.15. The van der Waals surface area contributed by atoms with Gasteiger partial charge in [0.2, 0.25) is 5.43 Å². The molecule has 5 rings (SSSR count). The Bertz CT molecular complexity index is 1450. The number of fused-ring (bicyclic) bond motifs is 2. The zero-order chi connectivity index (χ0) is 19.3. The number of hydrogen-bond acceptors (Lipinski definition) is 4. The second-order valence-electron chi connectivity index (χ2n) is 6.49. The summed E-state index contributed by atoms with van der Waals surface area (Å²) in [4.78, 5) is 31.4. The molecule has 6 nitrogen and oxygen atoms in total. The minimum absolute atomic E-state index is 0.0559. The van der Waals surface area contributed by atoms with Crippen molar-refractivity contribution in [3.8, 4) is 17.3 Å². The maximum Gasteiger partial charge on any atom is 0.271 e. The summed E-state index contributed by atoms with van der Waals surface area (Å²) in [6, 6.07) is 19.8. The highest BCUT2D eigenvalue weighted by molar-refractivity contribution is 5.92. The van der Waals surface area contributed by atoms with E-state index in [0.717, 1.165) is 5.52 Å². The molecule has 0 saturated heterocycles. The molecule has 6 heteroatoms. The Balaban J connectivity index is 2.04. The third kappa shape index (κ3) is 2.24. The topological polar surface area (TPSA) is 70.0 Å². The van der Waals surface area contributed by atoms with Crippen molar-refractivity contribution in [2.24, 2.45) is 7.05 Å². The molecule has 2 aromatic carbocycles. The lowest BCUT2D eigenvalue weighted by molar-refractivity contribution is 0.574. The number of aryl methyl sites for hydroxylation is 1. The van der Waals surface area contributed by atoms with Gasteiger partial charge in [-0.25, -0.2) is 4.98 Å². The Morgan fingerprint density at radius 1 is 0.893 bits per heavy atom. The molecule has 0 N–H and O–H groups in total. The van der Waals surface area contributed by atoms with Crippen LogP contribution in [0.2, 0.25) is 0 Å². The second kappa shape index (κ2) is 6.06. The van der Waals surface area contributed by atoms with Crippen LogP contribution in [0.5, 0.6) is 0 Å². The van der Waals surface area contributed by atoms with Gasteiger partial charge in [0.15, 0.2) is 17.2 Å². The highest BCUT2D eigenvalue weighted by atomic mass is 16.3. The number of para-hydroxylation sites is 2. The number of rotatable bonds is 2. The first-order valence-corrected chi connectivity index (χ1v) is 8.80. The minimum atomic E-state index is -0.422. The Morgan fingerprint density at radius 3 is 2.39 bits per heavy atom. The summed E-state index contributed by atoms with van der Waals surface area (Å²) in [6.07, 6.45) is 1.53. The van der Waals surface area contributed by atoms with Gasteiger partial charge in [-0.3, -0.25) is 14.2 Å². The molecule has 0 saturated carbocycles. The van der Waals surface area contributed by atoms with Gasteiger partial charge in [-0.1, -0.05) is 30.3 Å². The van der Waals surface area contributed by atoms with Crippen molar-refractivity contribution < 1.29 is 4.42 Å². The van der Waals surface area contributed by atoms with Gasteiger partial charge in [0.05, 0.1) is 17.5 Å². The molecule has 0 amide bonds. The third-order valence-electron chi connectivity index (χ3n) is 4.87. The van der Waals surface area contributed by atoms with Gasteiger partial charge in [0.25, 0.3) is 5.56 Å². The Kier molecular flexibility index (Phi) is 3.52. The van der Waals surface area contributed by atoms with E-state index < -0.39 is 5.56 Å². The van der Waals surface area contributed by atoms with E-state index in [2.05, 4.69) is 0 Å². The molecule has 3 aromatic heterocycles. The molecule has 0 unspecified atom stereocenters. The van der Waals surface area contributed by atoms with E-state index in [1.165, 1.54) is 10.8 Å². The molecule has 0 bridgehead atoms. The SMILES string of the molecule is Cn1c2ccccc2c(=O)c2c(=O)n(-c3ccccc3)c(-c3ccco3)nc21. The highest BCUT2D eigenvalue weighted by Gasteiger charge is 2.21. The van der Waals surface area contributed by atoms with Crippen LogP contribution >= 0.6 is 0 Å². The molecular weight excluding hydrogens is 354 g/mol. The summed E-state index contributed by atoms with van der Waals surface area (Å²) in [5.41, 5.74) is 0.913. The molecule has 0 spiro atoms. The van der Waals surface area contributed by atoms with E-state index >= 15 is 0 Å². The van der Waals surface area contributed by atoms with Gasteiger partial charge in [-0.05, 0) is 36.4 Å². The predicted molar refractivity (Wildman–Crippen MR) is 108 cm³/mol. The normalized spacial score (nSPS) is 11.3. The van der Waals surface area contributed by atoms with Gasteiger partial charge in [0.1, 0.15) is 5.39 Å². The lowest BCUT2D eigenvalue weighted by atomic mass is 10.1. The molecule has 28 heavy (non-hydrogen) atoms. The molecule has 0 fully saturated rings. The van der Waals surface area contributed by atoms with E-state index in [4.69, 9.17) is 9.40 Å². The number of furan rings is 1. The zero-order valence-corrected chi connectivity index (χ0v) is 15.0. The van der Waals surface area contributed by atoms with Crippen molar-refractivity contribution in [3.05, 3.63) is 93.6 Å². The number of aromatic nitrogens is 3. The Labute approximate surface area is 158 Å². The van der Waals surface area contributed by atoms with Crippen LogP contribution in [0, 0.1) is 0 Å². The largest absolute Gasteiger partial charge is 0.461 e. The number of pyridine rings is 1. The van der Waals surface area contributed by atoms with Crippen LogP contribution in [-0.4, -0.2) is 14.1 Å². The third-order valence-corrected chi connectivity index (χ3v) is 4.87. The summed E-state index contributed by atoms with van der Waals surface area (Å²) in [7, 11) is 1.80. The second-order valence-corrected chi connectivity index (χ2v) is 6.49. The first-order chi connectivity index (χ1) is 13.7. The van der Waals surface area contributed by atoms with Crippen LogP contribution in [0.15, 0.2) is 87.0 Å². The fourth-order valence-electron chi connectivity index (χ4n) is 3.55. The van der Waals surface area contributed by atoms with Crippen molar-refractivity contribution in [3.63, 3.8) is 0 Å². The smallest absolute Gasteiger partial charge is 0.271 e. The molecule has 136 valence electrons. The number of hydrogen-bond donors (Lipinski definition) is 0. The van der Waals surface area contributed by atoms with Crippen molar-refractivity contribution >= 4 is 21.9 Å². The Hall–Kier alpha value is -3.93. The zero-order valence-electron chi connectivity index (χ0n) is 15.0. The molecule has 0 aliphatic heterocycles. The first kappa shape index (κ1) is 16.3. The van der Waals surface area contributed by atoms with E-state index in [1.807, 2.05) is 30.3 Å². The fraction of sp³-hybridized carbons (Fsp3) is 0.0455. The van der Waals surface area contributed by atoms with Gasteiger partial charge in [-0.15, -0.1) is 0 Å². The van der Waals surface area contributed by atoms with E-state index in [-0.39, 0.29) is 10.8 Å². The fourth-order valence-corrected chi connectivity index (χ4v) is 3.55. The summed E-state index contributed by atoms with van der Waals surface area (Å²) >= 11 is 0. The number of nitrogens with zero attached hydrogens (tertiary/aromatic N) is 3. The first-order valence-electron chi connectivity index (χ1n) is 8.80. The van der Waals surface area contributed by atoms with Gasteiger partial charge in [0, 0.05) is 12.4 Å². The van der Waals surface area contributed by atoms with Crippen LogP contribution in [-0.2, 0) is 7.05 Å². The number of benzene rings is 2. The summed E-state index contributed by atoms with van der Waals surface area (Å²) in [5, 5.41) is 0.544. The van der Waals surface area contributed by atoms with Crippen LogP contribution in [0.4, 0.5) is 0 Å². The summed E-state index contributed by atoms with van der Waals surface area (Å²) < 4.78 is 8.73. The summed E-state index contributed by atoms with van der Waals surface area (Å²) in [5.74, 6) is 0.794. The molecule has 0 aliphatic rings. The molecule has 0 radical (unpaired) electrons. The molecule has 3 heterocycles. The van der Waals surface area contributed by atoms with E-state index in [0.29, 0.717) is 28.3 Å². The summed E-state index contributed by atoms with van der Waals surface area (Å²) in [6.45, 7) is 0. The average Bonchev–Trinajstić information content (AvgIpc) is 3.27. The van der Waals surface area contributed by atoms with E-state index in [1.54, 1.807) is 48.0 Å². The highest BCUT2D eigenvalue weighted by Crippen LogP contribution is 2.23. The van der Waals surface area contributed by atoms with Crippen molar-refractivity contribution in [2.45, 2.75) is 0 Å². The van der Waals surface area contributed by atoms with Crippen molar-refractivity contribution in [1.82, 2.24) is 14.1 Å². The maximum absolute atomic E-state index is 13.5. The van der Waals surface area contributed by atoms with Crippen LogP contribution in [0.25, 0.3) is 39.2 Å². The van der Waals surface area contributed by atoms with Crippen LogP contribution in [0.1, 0.15) is 0 Å². The van der Waals surface area contributed by atoms with E-state index in [9.17, 15) is 9.59 Å². The van der Waals surface area contributed by atoms with Gasteiger partial charge >= 0.3 is 0 Å². The molecule has 5 aromatic rings. The lowest BCUT2D eigenvalue weighted by Crippen LogP contribution is -2.28. The monoisotopic (exact) mass is 369 g/mol. The standard InChI is InChI=1S/C22H15N3O3/c1-24-16-11-6-5-10-15(16)19(26)18-21(24)23-20(17-12-7-13-28-17)25(22(18)27)14-8-3-2-4-9-14/h2-13H,1H3. The molecular formula is C22H15N3O3. The van der Waals surface area contributed by atoms with Crippen molar-refractivity contribution in [2.75, 3.05) is 0 Å². The molecule has 0 aliphatic carbocycles. The Morgan fingerprint density at radius 2 is 1.64 bits per heavy atom. The van der Waals surface area contributed by atoms with Crippen LogP contribution < -0.4 is 11.0 Å². The average molecular weight is 369 g/mol. The minimum Gasteiger partial charge on any atom is -0.461 e. The van der Waals surface area contributed by atoms with Crippen molar-refractivity contribution in [1.29, 1.82) is 0 Å².